The quantitative estimate of drug-likeness (QED) is 0.578. The van der Waals surface area contributed by atoms with Gasteiger partial charge in [-0.3, -0.25) is 4.79 Å². The summed E-state index contributed by atoms with van der Waals surface area (Å²) in [6, 6.07) is 5.66. The molecule has 0 fully saturated rings. The van der Waals surface area contributed by atoms with Crippen LogP contribution in [-0.2, 0) is 4.79 Å². The van der Waals surface area contributed by atoms with E-state index in [9.17, 15) is 4.79 Å². The molecule has 1 aliphatic heterocycles. The summed E-state index contributed by atoms with van der Waals surface area (Å²) in [5.41, 5.74) is 1.74. The lowest BCUT2D eigenvalue weighted by molar-refractivity contribution is -0.105. The second kappa shape index (κ2) is 4.39. The number of benzene rings is 1. The van der Waals surface area contributed by atoms with Gasteiger partial charge in [0.05, 0.1) is 0 Å². The summed E-state index contributed by atoms with van der Waals surface area (Å²) < 4.78 is 10.5. The monoisotopic (exact) mass is 218 g/mol. The first kappa shape index (κ1) is 10.7. The van der Waals surface area contributed by atoms with Gasteiger partial charge in [-0.05, 0) is 35.3 Å². The van der Waals surface area contributed by atoms with Gasteiger partial charge in [0.1, 0.15) is 6.29 Å². The normalized spacial score (nSPS) is 14.3. The average Bonchev–Trinajstić information content (AvgIpc) is 2.72. The molecule has 0 aromatic heterocycles. The van der Waals surface area contributed by atoms with Crippen molar-refractivity contribution in [2.75, 3.05) is 6.79 Å². The lowest BCUT2D eigenvalue weighted by atomic mass is 10.0. The number of carbonyl (C=O) groups is 1. The average molecular weight is 218 g/mol. The highest BCUT2D eigenvalue weighted by Crippen LogP contribution is 2.33. The highest BCUT2D eigenvalue weighted by atomic mass is 16.7. The number of rotatable bonds is 3. The summed E-state index contributed by atoms with van der Waals surface area (Å²) in [4.78, 5) is 10.9. The molecule has 0 radical (unpaired) electrons. The number of ether oxygens (including phenoxy) is 2. The van der Waals surface area contributed by atoms with Gasteiger partial charge in [0.25, 0.3) is 0 Å². The van der Waals surface area contributed by atoms with E-state index in [0.29, 0.717) is 0 Å². The number of carbonyl (C=O) groups excluding carboxylic acids is 1. The van der Waals surface area contributed by atoms with Gasteiger partial charge in [-0.2, -0.15) is 0 Å². The van der Waals surface area contributed by atoms with Gasteiger partial charge in [-0.15, -0.1) is 0 Å². The van der Waals surface area contributed by atoms with Crippen molar-refractivity contribution in [3.8, 4) is 11.5 Å². The van der Waals surface area contributed by atoms with E-state index in [1.54, 1.807) is 0 Å². The molecule has 0 bridgehead atoms. The van der Waals surface area contributed by atoms with E-state index in [4.69, 9.17) is 9.47 Å². The Kier molecular flexibility index (Phi) is 2.95. The zero-order valence-corrected chi connectivity index (χ0v) is 9.40. The van der Waals surface area contributed by atoms with Crippen LogP contribution < -0.4 is 9.47 Å². The van der Waals surface area contributed by atoms with Gasteiger partial charge in [-0.25, -0.2) is 0 Å². The standard InChI is InChI=1S/C13H14O3/c1-9(2)11(7-14)5-10-3-4-12-13(6-10)16-8-15-12/h3-7,9H,8H2,1-2H3. The van der Waals surface area contributed by atoms with E-state index in [-0.39, 0.29) is 12.7 Å². The van der Waals surface area contributed by atoms with Crippen molar-refractivity contribution >= 4 is 12.4 Å². The Morgan fingerprint density at radius 3 is 2.75 bits per heavy atom. The lowest BCUT2D eigenvalue weighted by Gasteiger charge is -2.04. The first-order valence-corrected chi connectivity index (χ1v) is 5.27. The van der Waals surface area contributed by atoms with Crippen molar-refractivity contribution in [1.29, 1.82) is 0 Å². The molecular formula is C13H14O3. The summed E-state index contributed by atoms with van der Waals surface area (Å²) >= 11 is 0. The van der Waals surface area contributed by atoms with Crippen LogP contribution in [-0.4, -0.2) is 13.1 Å². The fraction of sp³-hybridized carbons (Fsp3) is 0.308. The van der Waals surface area contributed by atoms with Crippen molar-refractivity contribution in [1.82, 2.24) is 0 Å². The Morgan fingerprint density at radius 2 is 2.06 bits per heavy atom. The van der Waals surface area contributed by atoms with Gasteiger partial charge >= 0.3 is 0 Å². The molecule has 1 aliphatic rings. The van der Waals surface area contributed by atoms with Crippen LogP contribution >= 0.6 is 0 Å². The van der Waals surface area contributed by atoms with E-state index in [0.717, 1.165) is 28.9 Å². The second-order valence-corrected chi connectivity index (χ2v) is 4.03. The van der Waals surface area contributed by atoms with Crippen LogP contribution in [0.4, 0.5) is 0 Å². The van der Waals surface area contributed by atoms with Crippen molar-refractivity contribution in [3.63, 3.8) is 0 Å². The minimum absolute atomic E-state index is 0.225. The van der Waals surface area contributed by atoms with Crippen molar-refractivity contribution < 1.29 is 14.3 Å². The highest BCUT2D eigenvalue weighted by molar-refractivity contribution is 5.82. The number of aldehydes is 1. The Morgan fingerprint density at radius 1 is 1.31 bits per heavy atom. The molecule has 0 amide bonds. The second-order valence-electron chi connectivity index (χ2n) is 4.03. The van der Waals surface area contributed by atoms with Crippen LogP contribution in [0.25, 0.3) is 6.08 Å². The molecule has 2 rings (SSSR count). The molecule has 0 saturated carbocycles. The smallest absolute Gasteiger partial charge is 0.231 e. The van der Waals surface area contributed by atoms with Crippen molar-refractivity contribution in [2.24, 2.45) is 5.92 Å². The predicted octanol–water partition coefficient (Wildman–Crippen LogP) is 2.65. The molecule has 0 N–H and O–H groups in total. The molecule has 1 aromatic rings. The van der Waals surface area contributed by atoms with Gasteiger partial charge < -0.3 is 9.47 Å². The van der Waals surface area contributed by atoms with Gasteiger partial charge in [0.2, 0.25) is 6.79 Å². The zero-order chi connectivity index (χ0) is 11.5. The maximum absolute atomic E-state index is 10.9. The molecule has 16 heavy (non-hydrogen) atoms. The third-order valence-corrected chi connectivity index (χ3v) is 2.53. The van der Waals surface area contributed by atoms with E-state index in [1.165, 1.54) is 0 Å². The first-order valence-electron chi connectivity index (χ1n) is 5.27. The molecule has 0 unspecified atom stereocenters. The largest absolute Gasteiger partial charge is 0.454 e. The summed E-state index contributed by atoms with van der Waals surface area (Å²) in [6.45, 7) is 4.26. The maximum Gasteiger partial charge on any atom is 0.231 e. The van der Waals surface area contributed by atoms with Crippen molar-refractivity contribution in [3.05, 3.63) is 29.3 Å². The molecule has 84 valence electrons. The van der Waals surface area contributed by atoms with Gasteiger partial charge in [-0.1, -0.05) is 19.9 Å². The van der Waals surface area contributed by atoms with Crippen LogP contribution in [0.2, 0.25) is 0 Å². The summed E-state index contributed by atoms with van der Waals surface area (Å²) in [5.74, 6) is 1.72. The molecule has 1 heterocycles. The third-order valence-electron chi connectivity index (χ3n) is 2.53. The molecule has 1 aromatic carbocycles. The predicted molar refractivity (Wildman–Crippen MR) is 61.4 cm³/mol. The highest BCUT2D eigenvalue weighted by Gasteiger charge is 2.12. The first-order chi connectivity index (χ1) is 7.70. The van der Waals surface area contributed by atoms with Crippen LogP contribution in [0, 0.1) is 5.92 Å². The minimum Gasteiger partial charge on any atom is -0.454 e. The van der Waals surface area contributed by atoms with Crippen molar-refractivity contribution in [2.45, 2.75) is 13.8 Å². The van der Waals surface area contributed by atoms with E-state index in [1.807, 2.05) is 38.1 Å². The molecule has 0 saturated heterocycles. The van der Waals surface area contributed by atoms with E-state index >= 15 is 0 Å². The molecule has 3 heteroatoms. The molecule has 3 nitrogen and oxygen atoms in total. The van der Waals surface area contributed by atoms with Crippen LogP contribution in [0.15, 0.2) is 23.8 Å². The fourth-order valence-corrected chi connectivity index (χ4v) is 1.53. The third kappa shape index (κ3) is 2.08. The Labute approximate surface area is 94.7 Å². The number of hydrogen-bond acceptors (Lipinski definition) is 3. The number of hydrogen-bond donors (Lipinski definition) is 0. The van der Waals surface area contributed by atoms with Crippen LogP contribution in [0.3, 0.4) is 0 Å². The minimum atomic E-state index is 0.225. The van der Waals surface area contributed by atoms with Crippen LogP contribution in [0.5, 0.6) is 11.5 Å². The number of allylic oxidation sites excluding steroid dienone is 1. The summed E-state index contributed by atoms with van der Waals surface area (Å²) in [7, 11) is 0. The zero-order valence-electron chi connectivity index (χ0n) is 9.40. The lowest BCUT2D eigenvalue weighted by Crippen LogP contribution is -1.94. The maximum atomic E-state index is 10.9. The molecule has 0 spiro atoms. The molecular weight excluding hydrogens is 204 g/mol. The summed E-state index contributed by atoms with van der Waals surface area (Å²) in [6.07, 6.45) is 2.77. The SMILES string of the molecule is CC(C)C(C=O)=Cc1ccc2c(c1)OCO2. The molecule has 0 atom stereocenters. The fourth-order valence-electron chi connectivity index (χ4n) is 1.53. The number of fused-ring (bicyclic) bond motifs is 1. The van der Waals surface area contributed by atoms with E-state index in [2.05, 4.69) is 0 Å². The Hall–Kier alpha value is -1.77. The summed E-state index contributed by atoms with van der Waals surface area (Å²) in [5, 5.41) is 0. The van der Waals surface area contributed by atoms with Gasteiger partial charge in [0.15, 0.2) is 11.5 Å². The van der Waals surface area contributed by atoms with E-state index < -0.39 is 0 Å². The molecule has 0 aliphatic carbocycles. The van der Waals surface area contributed by atoms with Gasteiger partial charge in [0, 0.05) is 0 Å². The Balaban J connectivity index is 2.31. The van der Waals surface area contributed by atoms with Crippen LogP contribution in [0.1, 0.15) is 19.4 Å². The Bertz CT molecular complexity index is 433. The topological polar surface area (TPSA) is 35.5 Å².